The van der Waals surface area contributed by atoms with Gasteiger partial charge < -0.3 is 16.0 Å². The van der Waals surface area contributed by atoms with Crippen molar-refractivity contribution in [3.8, 4) is 11.3 Å². The number of amides is 2. The molecule has 3 heterocycles. The van der Waals surface area contributed by atoms with Crippen LogP contribution in [0.2, 0.25) is 0 Å². The number of benzene rings is 1. The van der Waals surface area contributed by atoms with Gasteiger partial charge in [-0.05, 0) is 43.9 Å². The number of nitrogens with two attached hydrogens (primary N) is 1. The maximum Gasteiger partial charge on any atom is 0.251 e. The van der Waals surface area contributed by atoms with Gasteiger partial charge in [-0.25, -0.2) is 14.6 Å². The number of nitrogens with one attached hydrogen (secondary N) is 1. The van der Waals surface area contributed by atoms with Crippen LogP contribution in [0.4, 0.5) is 5.82 Å². The molecule has 2 amide bonds. The van der Waals surface area contributed by atoms with Crippen LogP contribution in [-0.4, -0.2) is 55.6 Å². The maximum absolute atomic E-state index is 12.8. The molecule has 3 aromatic rings. The van der Waals surface area contributed by atoms with E-state index in [-0.39, 0.29) is 23.9 Å². The Hall–Kier alpha value is -3.75. The van der Waals surface area contributed by atoms with Crippen molar-refractivity contribution in [1.82, 2.24) is 30.0 Å². The lowest BCUT2D eigenvalue weighted by Crippen LogP contribution is -2.40. The number of nitrogens with zero attached hydrogens (tertiary/aromatic N) is 5. The normalized spacial score (nSPS) is 16.1. The standard InChI is InChI=1S/C25H31N7O2/c1-4-18(5-2)29-25(34)17-10-7-9-16(13-17)22-21-23(26)27-15-28-24(21)32(30-22)19-11-8-12-31(14-19)20(33)6-3/h6-7,9-10,13,15,18-19H,3-5,8,11-12,14H2,1-2H3,(H,29,34)(H2,26,27,28)/t19-/m1/s1. The fraction of sp³-hybridized carbons (Fsp3) is 0.400. The quantitative estimate of drug-likeness (QED) is 0.521. The minimum atomic E-state index is -0.116. The lowest BCUT2D eigenvalue weighted by Gasteiger charge is -2.32. The molecule has 0 spiro atoms. The molecule has 2 aromatic heterocycles. The first kappa shape index (κ1) is 23.4. The van der Waals surface area contributed by atoms with Gasteiger partial charge in [0.05, 0.1) is 11.4 Å². The Kier molecular flexibility index (Phi) is 6.90. The molecule has 4 rings (SSSR count). The first-order valence-electron chi connectivity index (χ1n) is 11.8. The Balaban J connectivity index is 1.74. The van der Waals surface area contributed by atoms with Crippen LogP contribution in [0.1, 0.15) is 55.9 Å². The minimum absolute atomic E-state index is 0.0513. The van der Waals surface area contributed by atoms with E-state index in [1.54, 1.807) is 11.0 Å². The highest BCUT2D eigenvalue weighted by molar-refractivity contribution is 6.00. The Labute approximate surface area is 199 Å². The zero-order valence-electron chi connectivity index (χ0n) is 19.7. The van der Waals surface area contributed by atoms with Crippen molar-refractivity contribution in [2.45, 2.75) is 51.6 Å². The van der Waals surface area contributed by atoms with Gasteiger partial charge in [-0.1, -0.05) is 32.6 Å². The fourth-order valence-electron chi connectivity index (χ4n) is 4.50. The van der Waals surface area contributed by atoms with Crippen LogP contribution in [0.15, 0.2) is 43.2 Å². The Morgan fingerprint density at radius 1 is 1.29 bits per heavy atom. The largest absolute Gasteiger partial charge is 0.383 e. The summed E-state index contributed by atoms with van der Waals surface area (Å²) in [5, 5.41) is 8.62. The van der Waals surface area contributed by atoms with Gasteiger partial charge in [-0.2, -0.15) is 5.10 Å². The van der Waals surface area contributed by atoms with Crippen LogP contribution in [0, 0.1) is 0 Å². The molecule has 1 atom stereocenters. The average molecular weight is 462 g/mol. The molecular weight excluding hydrogens is 430 g/mol. The summed E-state index contributed by atoms with van der Waals surface area (Å²) in [6.07, 6.45) is 6.23. The summed E-state index contributed by atoms with van der Waals surface area (Å²) in [5.41, 5.74) is 8.83. The Morgan fingerprint density at radius 3 is 2.82 bits per heavy atom. The first-order valence-corrected chi connectivity index (χ1v) is 11.8. The molecule has 178 valence electrons. The van der Waals surface area contributed by atoms with E-state index in [1.165, 1.54) is 12.4 Å². The second-order valence-electron chi connectivity index (χ2n) is 8.60. The molecule has 9 nitrogen and oxygen atoms in total. The lowest BCUT2D eigenvalue weighted by molar-refractivity contribution is -0.127. The van der Waals surface area contributed by atoms with Crippen LogP contribution in [0.3, 0.4) is 0 Å². The number of likely N-dealkylation sites (tertiary alicyclic amines) is 1. The van der Waals surface area contributed by atoms with Crippen molar-refractivity contribution in [2.24, 2.45) is 0 Å². The highest BCUT2D eigenvalue weighted by Gasteiger charge is 2.28. The lowest BCUT2D eigenvalue weighted by atomic mass is 10.0. The molecule has 1 saturated heterocycles. The fourth-order valence-corrected chi connectivity index (χ4v) is 4.50. The summed E-state index contributed by atoms with van der Waals surface area (Å²) in [4.78, 5) is 35.5. The molecule has 9 heteroatoms. The van der Waals surface area contributed by atoms with Crippen molar-refractivity contribution >= 4 is 28.7 Å². The van der Waals surface area contributed by atoms with Gasteiger partial charge in [0.2, 0.25) is 5.91 Å². The summed E-state index contributed by atoms with van der Waals surface area (Å²) in [6.45, 7) is 8.93. The molecule has 0 bridgehead atoms. The SMILES string of the molecule is C=CC(=O)N1CCC[C@@H](n2nc(-c3cccc(C(=O)NC(CC)CC)c3)c3c(N)ncnc32)C1. The monoisotopic (exact) mass is 461 g/mol. The highest BCUT2D eigenvalue weighted by Crippen LogP contribution is 2.34. The molecule has 34 heavy (non-hydrogen) atoms. The van der Waals surface area contributed by atoms with Crippen molar-refractivity contribution in [1.29, 1.82) is 0 Å². The summed E-state index contributed by atoms with van der Waals surface area (Å²) in [5.74, 6) is 0.119. The summed E-state index contributed by atoms with van der Waals surface area (Å²) in [6, 6.07) is 7.44. The third-order valence-electron chi connectivity index (χ3n) is 6.47. The number of hydrogen-bond acceptors (Lipinski definition) is 6. The van der Waals surface area contributed by atoms with Gasteiger partial charge in [0, 0.05) is 30.3 Å². The van der Waals surface area contributed by atoms with Crippen molar-refractivity contribution in [3.05, 3.63) is 48.8 Å². The smallest absolute Gasteiger partial charge is 0.251 e. The molecular formula is C25H31N7O2. The second-order valence-corrected chi connectivity index (χ2v) is 8.60. The van der Waals surface area contributed by atoms with Crippen LogP contribution in [0.25, 0.3) is 22.3 Å². The van der Waals surface area contributed by atoms with Crippen LogP contribution >= 0.6 is 0 Å². The van der Waals surface area contributed by atoms with E-state index in [2.05, 4.69) is 35.7 Å². The number of piperidine rings is 1. The van der Waals surface area contributed by atoms with Gasteiger partial charge in [0.25, 0.3) is 5.91 Å². The Bertz CT molecular complexity index is 1220. The topological polar surface area (TPSA) is 119 Å². The van der Waals surface area contributed by atoms with Gasteiger partial charge in [0.15, 0.2) is 5.65 Å². The first-order chi connectivity index (χ1) is 16.5. The van der Waals surface area contributed by atoms with E-state index >= 15 is 0 Å². The van der Waals surface area contributed by atoms with Crippen LogP contribution in [-0.2, 0) is 4.79 Å². The van der Waals surface area contributed by atoms with E-state index in [4.69, 9.17) is 10.8 Å². The average Bonchev–Trinajstić information content (AvgIpc) is 3.28. The van der Waals surface area contributed by atoms with Crippen LogP contribution < -0.4 is 11.1 Å². The third-order valence-corrected chi connectivity index (χ3v) is 6.47. The molecule has 0 unspecified atom stereocenters. The van der Waals surface area contributed by atoms with E-state index in [9.17, 15) is 9.59 Å². The van der Waals surface area contributed by atoms with E-state index in [1.807, 2.05) is 22.9 Å². The van der Waals surface area contributed by atoms with E-state index < -0.39 is 0 Å². The van der Waals surface area contributed by atoms with Crippen LogP contribution in [0.5, 0.6) is 0 Å². The van der Waals surface area contributed by atoms with Crippen molar-refractivity contribution < 1.29 is 9.59 Å². The number of rotatable bonds is 7. The maximum atomic E-state index is 12.8. The van der Waals surface area contributed by atoms with Gasteiger partial charge >= 0.3 is 0 Å². The Morgan fingerprint density at radius 2 is 2.09 bits per heavy atom. The highest BCUT2D eigenvalue weighted by atomic mass is 16.2. The number of hydrogen-bond donors (Lipinski definition) is 2. The number of nitrogen functional groups attached to an aromatic ring is 1. The molecule has 1 aromatic carbocycles. The van der Waals surface area contributed by atoms with E-state index in [0.717, 1.165) is 31.2 Å². The number of carbonyl (C=O) groups is 2. The van der Waals surface area contributed by atoms with Gasteiger partial charge in [0.1, 0.15) is 17.8 Å². The number of carbonyl (C=O) groups excluding carboxylic acids is 2. The molecule has 3 N–H and O–H groups in total. The molecule has 0 radical (unpaired) electrons. The van der Waals surface area contributed by atoms with E-state index in [0.29, 0.717) is 41.2 Å². The predicted molar refractivity (Wildman–Crippen MR) is 132 cm³/mol. The summed E-state index contributed by atoms with van der Waals surface area (Å²) >= 11 is 0. The number of aromatic nitrogens is 4. The summed E-state index contributed by atoms with van der Waals surface area (Å²) in [7, 11) is 0. The molecule has 0 aliphatic carbocycles. The zero-order valence-corrected chi connectivity index (χ0v) is 19.7. The minimum Gasteiger partial charge on any atom is -0.383 e. The molecule has 1 aliphatic heterocycles. The van der Waals surface area contributed by atoms with Crippen molar-refractivity contribution in [3.63, 3.8) is 0 Å². The summed E-state index contributed by atoms with van der Waals surface area (Å²) < 4.78 is 1.85. The second kappa shape index (κ2) is 10.0. The zero-order chi connectivity index (χ0) is 24.2. The number of anilines is 1. The van der Waals surface area contributed by atoms with Gasteiger partial charge in [-0.15, -0.1) is 0 Å². The molecule has 1 aliphatic rings. The molecule has 0 saturated carbocycles. The third kappa shape index (κ3) is 4.50. The van der Waals surface area contributed by atoms with Gasteiger partial charge in [-0.3, -0.25) is 9.59 Å². The molecule has 1 fully saturated rings. The van der Waals surface area contributed by atoms with Crippen molar-refractivity contribution in [2.75, 3.05) is 18.8 Å². The number of fused-ring (bicyclic) bond motifs is 1. The predicted octanol–water partition coefficient (Wildman–Crippen LogP) is 3.34.